The van der Waals surface area contributed by atoms with E-state index >= 15 is 0 Å². The molecule has 0 saturated heterocycles. The first-order chi connectivity index (χ1) is 14.4. The molecule has 0 atom stereocenters. The lowest BCUT2D eigenvalue weighted by Crippen LogP contribution is -2.35. The number of amides is 1. The minimum Gasteiger partial charge on any atom is -0.281 e. The molecule has 0 aliphatic carbocycles. The van der Waals surface area contributed by atoms with Crippen LogP contribution in [0, 0.1) is 6.92 Å². The van der Waals surface area contributed by atoms with Gasteiger partial charge in [-0.15, -0.1) is 0 Å². The Kier molecular flexibility index (Phi) is 5.61. The molecule has 0 radical (unpaired) electrons. The molecule has 4 aromatic rings. The molecule has 0 unspecified atom stereocenters. The zero-order valence-electron chi connectivity index (χ0n) is 16.2. The van der Waals surface area contributed by atoms with E-state index in [1.807, 2.05) is 37.3 Å². The average Bonchev–Trinajstić information content (AvgIpc) is 3.16. The minimum absolute atomic E-state index is 0.128. The van der Waals surface area contributed by atoms with Gasteiger partial charge in [0.25, 0.3) is 0 Å². The molecule has 152 valence electrons. The number of nitrogens with zero attached hydrogens (tertiary/aromatic N) is 3. The van der Waals surface area contributed by atoms with Crippen molar-refractivity contribution in [3.63, 3.8) is 0 Å². The molecule has 1 amide bonds. The number of carbonyl (C=O) groups is 1. The van der Waals surface area contributed by atoms with Gasteiger partial charge in [0.2, 0.25) is 5.91 Å². The van der Waals surface area contributed by atoms with Crippen LogP contribution in [0.4, 0.5) is 5.13 Å². The highest BCUT2D eigenvalue weighted by Crippen LogP contribution is 2.30. The molecule has 0 N–H and O–H groups in total. The van der Waals surface area contributed by atoms with Crippen molar-refractivity contribution in [3.8, 4) is 0 Å². The second-order valence-corrected chi connectivity index (χ2v) is 9.84. The lowest BCUT2D eigenvalue weighted by molar-refractivity contribution is -0.116. The Morgan fingerprint density at radius 1 is 1.00 bits per heavy atom. The number of pyridine rings is 1. The summed E-state index contributed by atoms with van der Waals surface area (Å²) < 4.78 is 26.6. The normalized spacial score (nSPS) is 11.5. The molecule has 2 aromatic carbocycles. The Labute approximate surface area is 178 Å². The van der Waals surface area contributed by atoms with Crippen LogP contribution in [0.15, 0.2) is 77.8 Å². The van der Waals surface area contributed by atoms with Gasteiger partial charge in [-0.1, -0.05) is 47.2 Å². The summed E-state index contributed by atoms with van der Waals surface area (Å²) in [6, 6.07) is 19.5. The zero-order valence-corrected chi connectivity index (χ0v) is 17.9. The summed E-state index contributed by atoms with van der Waals surface area (Å²) in [4.78, 5) is 23.5. The molecule has 2 heterocycles. The topological polar surface area (TPSA) is 80.2 Å². The van der Waals surface area contributed by atoms with Gasteiger partial charge in [0.05, 0.1) is 27.4 Å². The third-order valence-corrected chi connectivity index (χ3v) is 7.23. The third-order valence-electron chi connectivity index (χ3n) is 4.55. The Morgan fingerprint density at radius 2 is 1.73 bits per heavy atom. The maximum Gasteiger partial charge on any atom is 0.244 e. The van der Waals surface area contributed by atoms with Crippen molar-refractivity contribution in [1.29, 1.82) is 0 Å². The number of anilines is 1. The zero-order chi connectivity index (χ0) is 21.1. The van der Waals surface area contributed by atoms with Gasteiger partial charge in [-0.05, 0) is 43.3 Å². The highest BCUT2D eigenvalue weighted by Gasteiger charge is 2.27. The molecule has 0 fully saturated rings. The predicted molar refractivity (Wildman–Crippen MR) is 118 cm³/mol. The summed E-state index contributed by atoms with van der Waals surface area (Å²) in [7, 11) is -3.79. The quantitative estimate of drug-likeness (QED) is 0.455. The first-order valence-corrected chi connectivity index (χ1v) is 11.7. The van der Waals surface area contributed by atoms with E-state index in [0.29, 0.717) is 10.8 Å². The van der Waals surface area contributed by atoms with Gasteiger partial charge in [-0.2, -0.15) is 0 Å². The van der Waals surface area contributed by atoms with Crippen LogP contribution in [0.3, 0.4) is 0 Å². The standard InChI is InChI=1S/C22H19N3O3S2/c1-16-9-11-18(12-10-16)30(27,28)15-21(26)25(14-17-6-4-5-13-23-17)22-24-19-7-2-3-8-20(19)29-22/h2-13H,14-15H2,1H3. The largest absolute Gasteiger partial charge is 0.281 e. The number of aryl methyl sites for hydroxylation is 1. The summed E-state index contributed by atoms with van der Waals surface area (Å²) in [5.74, 6) is -1.18. The van der Waals surface area contributed by atoms with Crippen molar-refractivity contribution in [2.75, 3.05) is 10.7 Å². The molecule has 30 heavy (non-hydrogen) atoms. The van der Waals surface area contributed by atoms with Crippen molar-refractivity contribution in [1.82, 2.24) is 9.97 Å². The summed E-state index contributed by atoms with van der Waals surface area (Å²) in [6.45, 7) is 2.02. The average molecular weight is 438 g/mol. The number of para-hydroxylation sites is 1. The van der Waals surface area contributed by atoms with E-state index in [1.165, 1.54) is 28.4 Å². The van der Waals surface area contributed by atoms with Crippen molar-refractivity contribution < 1.29 is 13.2 Å². The monoisotopic (exact) mass is 437 g/mol. The Hall–Kier alpha value is -3.10. The molecule has 2 aromatic heterocycles. The van der Waals surface area contributed by atoms with Gasteiger partial charge in [0.1, 0.15) is 5.75 Å². The Bertz CT molecular complexity index is 1250. The van der Waals surface area contributed by atoms with Crippen molar-refractivity contribution >= 4 is 42.4 Å². The van der Waals surface area contributed by atoms with Gasteiger partial charge in [-0.25, -0.2) is 13.4 Å². The molecule has 0 aliphatic rings. The fourth-order valence-corrected chi connectivity index (χ4v) is 5.14. The van der Waals surface area contributed by atoms with Crippen LogP contribution in [0.25, 0.3) is 10.2 Å². The third kappa shape index (κ3) is 4.39. The van der Waals surface area contributed by atoms with E-state index < -0.39 is 21.5 Å². The number of aromatic nitrogens is 2. The van der Waals surface area contributed by atoms with Crippen LogP contribution in [0.5, 0.6) is 0 Å². The summed E-state index contributed by atoms with van der Waals surface area (Å²) in [5, 5.41) is 0.450. The van der Waals surface area contributed by atoms with Crippen LogP contribution in [0.1, 0.15) is 11.3 Å². The lowest BCUT2D eigenvalue weighted by Gasteiger charge is -2.19. The van der Waals surface area contributed by atoms with Gasteiger partial charge in [0.15, 0.2) is 15.0 Å². The van der Waals surface area contributed by atoms with Gasteiger partial charge in [0, 0.05) is 6.20 Å². The lowest BCUT2D eigenvalue weighted by atomic mass is 10.2. The molecule has 4 rings (SSSR count). The van der Waals surface area contributed by atoms with Crippen molar-refractivity contribution in [2.45, 2.75) is 18.4 Å². The highest BCUT2D eigenvalue weighted by molar-refractivity contribution is 7.92. The van der Waals surface area contributed by atoms with Gasteiger partial charge in [-0.3, -0.25) is 14.7 Å². The van der Waals surface area contributed by atoms with Gasteiger partial charge >= 0.3 is 0 Å². The number of hydrogen-bond donors (Lipinski definition) is 0. The highest BCUT2D eigenvalue weighted by atomic mass is 32.2. The summed E-state index contributed by atoms with van der Waals surface area (Å²) in [5.41, 5.74) is 2.36. The van der Waals surface area contributed by atoms with Crippen LogP contribution in [-0.2, 0) is 21.2 Å². The molecule has 0 bridgehead atoms. The van der Waals surface area contributed by atoms with E-state index in [1.54, 1.807) is 30.5 Å². The van der Waals surface area contributed by atoms with Crippen LogP contribution >= 0.6 is 11.3 Å². The molecule has 6 nitrogen and oxygen atoms in total. The maximum absolute atomic E-state index is 13.2. The molecule has 8 heteroatoms. The first-order valence-electron chi connectivity index (χ1n) is 9.28. The Morgan fingerprint density at radius 3 is 2.43 bits per heavy atom. The van der Waals surface area contributed by atoms with Crippen LogP contribution < -0.4 is 4.90 Å². The molecular formula is C22H19N3O3S2. The second kappa shape index (κ2) is 8.33. The van der Waals surface area contributed by atoms with E-state index in [2.05, 4.69) is 9.97 Å². The van der Waals surface area contributed by atoms with Gasteiger partial charge < -0.3 is 0 Å². The summed E-state index contributed by atoms with van der Waals surface area (Å²) in [6.07, 6.45) is 1.64. The van der Waals surface area contributed by atoms with Crippen molar-refractivity contribution in [3.05, 3.63) is 84.2 Å². The molecule has 0 spiro atoms. The molecule has 0 saturated carbocycles. The number of rotatable bonds is 6. The number of carbonyl (C=O) groups excluding carboxylic acids is 1. The van der Waals surface area contributed by atoms with E-state index in [4.69, 9.17) is 0 Å². The first kappa shape index (κ1) is 20.2. The second-order valence-electron chi connectivity index (χ2n) is 6.84. The molecule has 0 aliphatic heterocycles. The van der Waals surface area contributed by atoms with Crippen molar-refractivity contribution in [2.24, 2.45) is 0 Å². The minimum atomic E-state index is -3.79. The maximum atomic E-state index is 13.2. The number of fused-ring (bicyclic) bond motifs is 1. The number of sulfone groups is 1. The predicted octanol–water partition coefficient (Wildman–Crippen LogP) is 4.01. The van der Waals surface area contributed by atoms with E-state index in [0.717, 1.165) is 15.8 Å². The van der Waals surface area contributed by atoms with E-state index in [9.17, 15) is 13.2 Å². The summed E-state index contributed by atoms with van der Waals surface area (Å²) >= 11 is 1.35. The SMILES string of the molecule is Cc1ccc(S(=O)(=O)CC(=O)N(Cc2ccccn2)c2nc3ccccc3s2)cc1. The smallest absolute Gasteiger partial charge is 0.244 e. The molecular weight excluding hydrogens is 418 g/mol. The van der Waals surface area contributed by atoms with Crippen LogP contribution in [-0.4, -0.2) is 30.0 Å². The number of benzene rings is 2. The fraction of sp³-hybridized carbons (Fsp3) is 0.136. The number of hydrogen-bond acceptors (Lipinski definition) is 6. The fourth-order valence-electron chi connectivity index (χ4n) is 2.96. The van der Waals surface area contributed by atoms with Crippen LogP contribution in [0.2, 0.25) is 0 Å². The number of thiazole rings is 1. The van der Waals surface area contributed by atoms with E-state index in [-0.39, 0.29) is 11.4 Å². The Balaban J connectivity index is 1.67.